The van der Waals surface area contributed by atoms with Crippen molar-refractivity contribution in [1.29, 1.82) is 0 Å². The Hall–Kier alpha value is -1.25. The van der Waals surface area contributed by atoms with E-state index in [0.717, 1.165) is 22.9 Å². The first-order valence-corrected chi connectivity index (χ1v) is 8.19. The van der Waals surface area contributed by atoms with E-state index in [1.165, 1.54) is 0 Å². The molecule has 1 aromatic rings. The molecule has 3 N–H and O–H groups in total. The SMILES string of the molecule is Nc1cc(F)c(S(=O)(=O)N2CCCCC2CCO)c(F)c1. The van der Waals surface area contributed by atoms with Crippen molar-refractivity contribution in [3.05, 3.63) is 23.8 Å². The summed E-state index contributed by atoms with van der Waals surface area (Å²) in [6.45, 7) is 0.0135. The monoisotopic (exact) mass is 320 g/mol. The Morgan fingerprint density at radius 3 is 2.48 bits per heavy atom. The Morgan fingerprint density at radius 2 is 1.90 bits per heavy atom. The molecule has 0 amide bonds. The molecule has 0 spiro atoms. The number of rotatable bonds is 4. The molecule has 1 unspecified atom stereocenters. The Morgan fingerprint density at radius 1 is 1.29 bits per heavy atom. The van der Waals surface area contributed by atoms with Gasteiger partial charge in [0.05, 0.1) is 0 Å². The van der Waals surface area contributed by atoms with Crippen LogP contribution in [0.4, 0.5) is 14.5 Å². The summed E-state index contributed by atoms with van der Waals surface area (Å²) in [5, 5.41) is 9.03. The lowest BCUT2D eigenvalue weighted by Crippen LogP contribution is -2.44. The number of aliphatic hydroxyl groups is 1. The number of halogens is 2. The first-order chi connectivity index (χ1) is 9.87. The molecule has 0 bridgehead atoms. The van der Waals surface area contributed by atoms with Crippen molar-refractivity contribution in [1.82, 2.24) is 4.31 Å². The summed E-state index contributed by atoms with van der Waals surface area (Å²) in [5.41, 5.74) is 5.13. The molecule has 5 nitrogen and oxygen atoms in total. The first kappa shape index (κ1) is 16.1. The van der Waals surface area contributed by atoms with Crippen LogP contribution < -0.4 is 5.73 Å². The first-order valence-electron chi connectivity index (χ1n) is 6.75. The van der Waals surface area contributed by atoms with E-state index in [4.69, 9.17) is 10.8 Å². The van der Waals surface area contributed by atoms with Gasteiger partial charge in [0, 0.05) is 24.9 Å². The number of hydrogen-bond donors (Lipinski definition) is 2. The van der Waals surface area contributed by atoms with Gasteiger partial charge < -0.3 is 10.8 Å². The van der Waals surface area contributed by atoms with Gasteiger partial charge in [0.15, 0.2) is 4.90 Å². The van der Waals surface area contributed by atoms with E-state index < -0.39 is 32.6 Å². The van der Waals surface area contributed by atoms with E-state index in [9.17, 15) is 17.2 Å². The number of benzene rings is 1. The third-order valence-corrected chi connectivity index (χ3v) is 5.63. The van der Waals surface area contributed by atoms with Gasteiger partial charge in [-0.3, -0.25) is 0 Å². The lowest BCUT2D eigenvalue weighted by Gasteiger charge is -2.34. The summed E-state index contributed by atoms with van der Waals surface area (Å²) in [6, 6.07) is 1.15. The van der Waals surface area contributed by atoms with Gasteiger partial charge in [0.2, 0.25) is 10.0 Å². The highest BCUT2D eigenvalue weighted by atomic mass is 32.2. The molecule has 1 aromatic carbocycles. The number of nitrogens with zero attached hydrogens (tertiary/aromatic N) is 1. The average molecular weight is 320 g/mol. The smallest absolute Gasteiger partial charge is 0.249 e. The largest absolute Gasteiger partial charge is 0.399 e. The number of aliphatic hydroxyl groups excluding tert-OH is 1. The van der Waals surface area contributed by atoms with Crippen molar-refractivity contribution in [2.75, 3.05) is 18.9 Å². The van der Waals surface area contributed by atoms with Crippen molar-refractivity contribution >= 4 is 15.7 Å². The van der Waals surface area contributed by atoms with Crippen LogP contribution in [0.2, 0.25) is 0 Å². The van der Waals surface area contributed by atoms with Gasteiger partial charge in [0.1, 0.15) is 11.6 Å². The van der Waals surface area contributed by atoms with Gasteiger partial charge in [-0.2, -0.15) is 4.31 Å². The molecule has 0 radical (unpaired) electrons. The molecule has 1 saturated heterocycles. The Kier molecular flexibility index (Phi) is 4.80. The molecular formula is C13H18F2N2O3S. The van der Waals surface area contributed by atoms with Gasteiger partial charge in [-0.05, 0) is 31.4 Å². The minimum Gasteiger partial charge on any atom is -0.399 e. The van der Waals surface area contributed by atoms with Gasteiger partial charge in [-0.15, -0.1) is 0 Å². The van der Waals surface area contributed by atoms with E-state index in [0.29, 0.717) is 12.8 Å². The molecule has 1 aliphatic rings. The van der Waals surface area contributed by atoms with Crippen LogP contribution >= 0.6 is 0 Å². The Bertz CT molecular complexity index is 597. The normalized spacial score (nSPS) is 20.6. The van der Waals surface area contributed by atoms with E-state index in [-0.39, 0.29) is 25.3 Å². The minimum absolute atomic E-state index is 0.172. The zero-order valence-corrected chi connectivity index (χ0v) is 12.2. The summed E-state index contributed by atoms with van der Waals surface area (Å²) in [7, 11) is -4.29. The van der Waals surface area contributed by atoms with Crippen LogP contribution in [0.1, 0.15) is 25.7 Å². The van der Waals surface area contributed by atoms with Crippen molar-refractivity contribution in [2.24, 2.45) is 0 Å². The average Bonchev–Trinajstić information content (AvgIpc) is 2.37. The minimum atomic E-state index is -4.29. The molecule has 21 heavy (non-hydrogen) atoms. The maximum atomic E-state index is 13.9. The van der Waals surface area contributed by atoms with Crippen LogP contribution in [-0.2, 0) is 10.0 Å². The number of sulfonamides is 1. The second-order valence-corrected chi connectivity index (χ2v) is 6.92. The molecule has 1 heterocycles. The van der Waals surface area contributed by atoms with Crippen molar-refractivity contribution < 1.29 is 22.3 Å². The maximum absolute atomic E-state index is 13.9. The van der Waals surface area contributed by atoms with E-state index in [2.05, 4.69) is 0 Å². The number of anilines is 1. The van der Waals surface area contributed by atoms with E-state index in [1.807, 2.05) is 0 Å². The molecule has 2 rings (SSSR count). The third-order valence-electron chi connectivity index (χ3n) is 3.62. The highest BCUT2D eigenvalue weighted by molar-refractivity contribution is 7.89. The number of nitrogen functional groups attached to an aromatic ring is 1. The summed E-state index contributed by atoms with van der Waals surface area (Å²) in [6.07, 6.45) is 2.26. The second kappa shape index (κ2) is 6.25. The molecule has 1 aliphatic heterocycles. The molecule has 118 valence electrons. The highest BCUT2D eigenvalue weighted by Crippen LogP contribution is 2.30. The molecule has 0 aliphatic carbocycles. The Labute approximate surface area is 122 Å². The predicted octanol–water partition coefficient (Wildman–Crippen LogP) is 1.47. The Balaban J connectivity index is 2.45. The number of piperidine rings is 1. The highest BCUT2D eigenvalue weighted by Gasteiger charge is 2.36. The molecule has 1 fully saturated rings. The van der Waals surface area contributed by atoms with Crippen LogP contribution in [0.25, 0.3) is 0 Å². The van der Waals surface area contributed by atoms with E-state index >= 15 is 0 Å². The van der Waals surface area contributed by atoms with Gasteiger partial charge in [0.25, 0.3) is 0 Å². The lowest BCUT2D eigenvalue weighted by atomic mass is 10.0. The zero-order chi connectivity index (χ0) is 15.6. The molecule has 0 aromatic heterocycles. The summed E-state index contributed by atoms with van der Waals surface area (Å²) in [4.78, 5) is -0.971. The molecule has 1 atom stereocenters. The van der Waals surface area contributed by atoms with Gasteiger partial charge in [-0.1, -0.05) is 6.42 Å². The summed E-state index contributed by atoms with van der Waals surface area (Å²) >= 11 is 0. The fraction of sp³-hybridized carbons (Fsp3) is 0.538. The van der Waals surface area contributed by atoms with Crippen LogP contribution in [0, 0.1) is 11.6 Å². The standard InChI is InChI=1S/C13H18F2N2O3S/c14-11-7-9(16)8-12(15)13(11)21(19,20)17-5-2-1-3-10(17)4-6-18/h7-8,10,18H,1-6,16H2. The van der Waals surface area contributed by atoms with Crippen LogP contribution in [0.15, 0.2) is 17.0 Å². The topological polar surface area (TPSA) is 83.6 Å². The van der Waals surface area contributed by atoms with Crippen molar-refractivity contribution in [3.63, 3.8) is 0 Å². The quantitative estimate of drug-likeness (QED) is 0.823. The number of nitrogens with two attached hydrogens (primary N) is 1. The van der Waals surface area contributed by atoms with E-state index in [1.54, 1.807) is 0 Å². The fourth-order valence-corrected chi connectivity index (χ4v) is 4.49. The summed E-state index contributed by atoms with van der Waals surface area (Å²) in [5.74, 6) is -2.39. The third kappa shape index (κ3) is 3.17. The molecular weight excluding hydrogens is 302 g/mol. The van der Waals surface area contributed by atoms with Crippen molar-refractivity contribution in [3.8, 4) is 0 Å². The second-order valence-electron chi connectivity index (χ2n) is 5.09. The van der Waals surface area contributed by atoms with Crippen LogP contribution in [0.5, 0.6) is 0 Å². The fourth-order valence-electron chi connectivity index (χ4n) is 2.67. The van der Waals surface area contributed by atoms with Crippen LogP contribution in [0.3, 0.4) is 0 Å². The van der Waals surface area contributed by atoms with Gasteiger partial charge in [-0.25, -0.2) is 17.2 Å². The predicted molar refractivity (Wildman–Crippen MR) is 74.0 cm³/mol. The molecule has 0 saturated carbocycles. The molecule has 8 heteroatoms. The maximum Gasteiger partial charge on any atom is 0.249 e. The lowest BCUT2D eigenvalue weighted by molar-refractivity contribution is 0.192. The number of hydrogen-bond acceptors (Lipinski definition) is 4. The van der Waals surface area contributed by atoms with Gasteiger partial charge >= 0.3 is 0 Å². The zero-order valence-electron chi connectivity index (χ0n) is 11.4. The van der Waals surface area contributed by atoms with Crippen LogP contribution in [-0.4, -0.2) is 37.0 Å². The summed E-state index contributed by atoms with van der Waals surface area (Å²) < 4.78 is 54.0. The van der Waals surface area contributed by atoms with Crippen molar-refractivity contribution in [2.45, 2.75) is 36.6 Å².